The van der Waals surface area contributed by atoms with Crippen molar-refractivity contribution in [2.45, 2.75) is 4.90 Å². The summed E-state index contributed by atoms with van der Waals surface area (Å²) in [5.41, 5.74) is 0.0657. The summed E-state index contributed by atoms with van der Waals surface area (Å²) in [4.78, 5) is 18.9. The van der Waals surface area contributed by atoms with Gasteiger partial charge in [0, 0.05) is 12.3 Å². The quantitative estimate of drug-likeness (QED) is 0.640. The van der Waals surface area contributed by atoms with Gasteiger partial charge in [0.2, 0.25) is 10.0 Å². The van der Waals surface area contributed by atoms with Crippen LogP contribution in [0.5, 0.6) is 5.75 Å². The highest BCUT2D eigenvalue weighted by Crippen LogP contribution is 2.17. The maximum absolute atomic E-state index is 11.7. The molecule has 2 rings (SSSR count). The Morgan fingerprint density at radius 2 is 2.05 bits per heavy atom. The molecule has 0 spiro atoms. The predicted octanol–water partition coefficient (Wildman–Crippen LogP) is 0.343. The number of aromatic nitrogens is 2. The molecule has 0 radical (unpaired) electrons. The maximum Gasteiger partial charge on any atom is 0.362 e. The minimum Gasteiger partial charge on any atom is -0.422 e. The van der Waals surface area contributed by atoms with Crippen molar-refractivity contribution in [1.82, 2.24) is 9.97 Å². The number of nitrogens with two attached hydrogens (primary N) is 1. The van der Waals surface area contributed by atoms with Crippen LogP contribution in [0, 0.1) is 0 Å². The summed E-state index contributed by atoms with van der Waals surface area (Å²) in [7, 11) is -3.84. The number of esters is 1. The maximum atomic E-state index is 11.7. The highest BCUT2D eigenvalue weighted by Gasteiger charge is 2.12. The van der Waals surface area contributed by atoms with Crippen LogP contribution >= 0.6 is 0 Å². The van der Waals surface area contributed by atoms with E-state index in [2.05, 4.69) is 9.97 Å². The minimum absolute atomic E-state index is 0.0649. The molecule has 0 unspecified atom stereocenters. The molecule has 0 bridgehead atoms. The summed E-state index contributed by atoms with van der Waals surface area (Å²) in [6, 6.07) is 6.70. The van der Waals surface area contributed by atoms with E-state index in [1.54, 1.807) is 0 Å². The van der Waals surface area contributed by atoms with E-state index in [4.69, 9.17) is 9.88 Å². The Hall–Kier alpha value is -2.32. The van der Waals surface area contributed by atoms with Crippen molar-refractivity contribution in [2.75, 3.05) is 0 Å². The monoisotopic (exact) mass is 279 g/mol. The third-order valence-corrected chi connectivity index (χ3v) is 3.05. The molecule has 0 atom stereocenters. The van der Waals surface area contributed by atoms with Gasteiger partial charge in [-0.05, 0) is 18.2 Å². The molecule has 98 valence electrons. The van der Waals surface area contributed by atoms with Crippen molar-refractivity contribution in [3.63, 3.8) is 0 Å². The van der Waals surface area contributed by atoms with Gasteiger partial charge >= 0.3 is 5.97 Å². The zero-order chi connectivity index (χ0) is 13.9. The molecule has 1 aromatic heterocycles. The van der Waals surface area contributed by atoms with Gasteiger partial charge < -0.3 is 4.74 Å². The highest BCUT2D eigenvalue weighted by atomic mass is 32.2. The minimum atomic E-state index is -3.84. The number of sulfonamides is 1. The number of primary sulfonamides is 1. The SMILES string of the molecule is NS(=O)(=O)c1cccc(OC(=O)c2ccncn2)c1. The normalized spacial score (nSPS) is 11.0. The fraction of sp³-hybridized carbons (Fsp3) is 0. The lowest BCUT2D eigenvalue weighted by molar-refractivity contribution is 0.0728. The van der Waals surface area contributed by atoms with Crippen LogP contribution in [0.15, 0.2) is 47.8 Å². The zero-order valence-electron chi connectivity index (χ0n) is 9.55. The standard InChI is InChI=1S/C11H9N3O4S/c12-19(16,17)9-3-1-2-8(6-9)18-11(15)10-4-5-13-7-14-10/h1-7H,(H2,12,16,17). The van der Waals surface area contributed by atoms with Gasteiger partial charge in [0.05, 0.1) is 4.90 Å². The zero-order valence-corrected chi connectivity index (χ0v) is 10.4. The summed E-state index contributed by atoms with van der Waals surface area (Å²) in [6.07, 6.45) is 2.60. The van der Waals surface area contributed by atoms with E-state index in [9.17, 15) is 13.2 Å². The number of hydrogen-bond donors (Lipinski definition) is 1. The smallest absolute Gasteiger partial charge is 0.362 e. The molecule has 19 heavy (non-hydrogen) atoms. The van der Waals surface area contributed by atoms with Gasteiger partial charge in [0.1, 0.15) is 12.1 Å². The average molecular weight is 279 g/mol. The van der Waals surface area contributed by atoms with Crippen LogP contribution in [0.1, 0.15) is 10.5 Å². The van der Waals surface area contributed by atoms with Gasteiger partial charge in [-0.2, -0.15) is 0 Å². The molecule has 0 amide bonds. The average Bonchev–Trinajstić information content (AvgIpc) is 2.39. The highest BCUT2D eigenvalue weighted by molar-refractivity contribution is 7.89. The Morgan fingerprint density at radius 1 is 1.26 bits per heavy atom. The van der Waals surface area contributed by atoms with Gasteiger partial charge in [-0.1, -0.05) is 6.07 Å². The molecule has 0 aliphatic heterocycles. The molecule has 0 aliphatic carbocycles. The van der Waals surface area contributed by atoms with E-state index in [-0.39, 0.29) is 16.3 Å². The molecular weight excluding hydrogens is 270 g/mol. The van der Waals surface area contributed by atoms with Crippen LogP contribution in [0.25, 0.3) is 0 Å². The summed E-state index contributed by atoms with van der Waals surface area (Å²) < 4.78 is 27.3. The van der Waals surface area contributed by atoms with Crippen LogP contribution in [-0.2, 0) is 10.0 Å². The van der Waals surface area contributed by atoms with Gasteiger partial charge in [-0.3, -0.25) is 0 Å². The second-order valence-corrected chi connectivity index (χ2v) is 5.07. The van der Waals surface area contributed by atoms with Crippen molar-refractivity contribution in [2.24, 2.45) is 5.14 Å². The van der Waals surface area contributed by atoms with Gasteiger partial charge in [-0.15, -0.1) is 0 Å². The second kappa shape index (κ2) is 5.12. The van der Waals surface area contributed by atoms with Crippen LogP contribution < -0.4 is 9.88 Å². The van der Waals surface area contributed by atoms with E-state index in [0.717, 1.165) is 6.07 Å². The third kappa shape index (κ3) is 3.33. The molecule has 1 aromatic carbocycles. The summed E-state index contributed by atoms with van der Waals surface area (Å²) >= 11 is 0. The van der Waals surface area contributed by atoms with Gasteiger partial charge in [0.25, 0.3) is 0 Å². The molecule has 1 heterocycles. The van der Waals surface area contributed by atoms with E-state index >= 15 is 0 Å². The Morgan fingerprint density at radius 3 is 2.68 bits per heavy atom. The van der Waals surface area contributed by atoms with Crippen LogP contribution in [0.2, 0.25) is 0 Å². The fourth-order valence-corrected chi connectivity index (χ4v) is 1.83. The van der Waals surface area contributed by atoms with E-state index in [1.807, 2.05) is 0 Å². The first-order valence-electron chi connectivity index (χ1n) is 5.08. The molecular formula is C11H9N3O4S. The topological polar surface area (TPSA) is 112 Å². The Bertz CT molecular complexity index is 701. The molecule has 0 saturated heterocycles. The number of hydrogen-bond acceptors (Lipinski definition) is 6. The first kappa shape index (κ1) is 13.1. The number of ether oxygens (including phenoxy) is 1. The lowest BCUT2D eigenvalue weighted by Gasteiger charge is -2.04. The van der Waals surface area contributed by atoms with E-state index in [0.29, 0.717) is 0 Å². The number of benzene rings is 1. The number of carbonyl (C=O) groups is 1. The number of rotatable bonds is 3. The first-order valence-corrected chi connectivity index (χ1v) is 6.62. The predicted molar refractivity (Wildman–Crippen MR) is 64.8 cm³/mol. The molecule has 8 heteroatoms. The Labute approximate surface area is 109 Å². The summed E-state index contributed by atoms with van der Waals surface area (Å²) in [5.74, 6) is -0.649. The summed E-state index contributed by atoms with van der Waals surface area (Å²) in [5, 5.41) is 4.98. The first-order chi connectivity index (χ1) is 8.97. The number of carbonyl (C=O) groups excluding carboxylic acids is 1. The molecule has 2 aromatic rings. The Kier molecular flexibility index (Phi) is 3.54. The summed E-state index contributed by atoms with van der Waals surface area (Å²) in [6.45, 7) is 0. The van der Waals surface area contributed by atoms with Gasteiger partial charge in [-0.25, -0.2) is 28.3 Å². The van der Waals surface area contributed by atoms with Crippen molar-refractivity contribution in [3.8, 4) is 5.75 Å². The fourth-order valence-electron chi connectivity index (χ4n) is 1.29. The van der Waals surface area contributed by atoms with Crippen LogP contribution in [-0.4, -0.2) is 24.4 Å². The van der Waals surface area contributed by atoms with Gasteiger partial charge in [0.15, 0.2) is 5.69 Å². The van der Waals surface area contributed by atoms with Crippen LogP contribution in [0.3, 0.4) is 0 Å². The molecule has 0 aliphatic rings. The largest absolute Gasteiger partial charge is 0.422 e. The molecule has 7 nitrogen and oxygen atoms in total. The second-order valence-electron chi connectivity index (χ2n) is 3.50. The van der Waals surface area contributed by atoms with Crippen molar-refractivity contribution < 1.29 is 17.9 Å². The van der Waals surface area contributed by atoms with Crippen molar-refractivity contribution >= 4 is 16.0 Å². The van der Waals surface area contributed by atoms with E-state index in [1.165, 1.54) is 36.8 Å². The third-order valence-electron chi connectivity index (χ3n) is 2.14. The molecule has 0 saturated carbocycles. The lowest BCUT2D eigenvalue weighted by atomic mass is 10.3. The Balaban J connectivity index is 2.23. The van der Waals surface area contributed by atoms with Crippen molar-refractivity contribution in [1.29, 1.82) is 0 Å². The lowest BCUT2D eigenvalue weighted by Crippen LogP contribution is -2.13. The van der Waals surface area contributed by atoms with Crippen LogP contribution in [0.4, 0.5) is 0 Å². The molecule has 2 N–H and O–H groups in total. The van der Waals surface area contributed by atoms with Crippen molar-refractivity contribution in [3.05, 3.63) is 48.5 Å². The molecule has 0 fully saturated rings. The van der Waals surface area contributed by atoms with E-state index < -0.39 is 16.0 Å². The number of nitrogens with zero attached hydrogens (tertiary/aromatic N) is 2.